The molecule has 0 unspecified atom stereocenters. The van der Waals surface area contributed by atoms with Gasteiger partial charge in [0, 0.05) is 13.2 Å². The van der Waals surface area contributed by atoms with Gasteiger partial charge in [0.15, 0.2) is 0 Å². The zero-order valence-electron chi connectivity index (χ0n) is 9.75. The molecule has 8 nitrogen and oxygen atoms in total. The number of hydrogen-bond donors (Lipinski definition) is 2. The SMILES string of the molecule is COCCn1nc(C(=O)NCC(=O)O)ccc1=O. The summed E-state index contributed by atoms with van der Waals surface area (Å²) in [4.78, 5) is 33.2. The van der Waals surface area contributed by atoms with Crippen LogP contribution in [0.3, 0.4) is 0 Å². The lowest BCUT2D eigenvalue weighted by Crippen LogP contribution is -2.33. The van der Waals surface area contributed by atoms with Crippen molar-refractivity contribution in [2.24, 2.45) is 0 Å². The van der Waals surface area contributed by atoms with Crippen LogP contribution in [0.4, 0.5) is 0 Å². The van der Waals surface area contributed by atoms with Crippen LogP contribution in [-0.4, -0.2) is 47.0 Å². The van der Waals surface area contributed by atoms with Crippen LogP contribution in [0.15, 0.2) is 16.9 Å². The summed E-state index contributed by atoms with van der Waals surface area (Å²) >= 11 is 0. The van der Waals surface area contributed by atoms with Crippen LogP contribution < -0.4 is 10.9 Å². The molecular formula is C10H13N3O5. The fraction of sp³-hybridized carbons (Fsp3) is 0.400. The number of carbonyl (C=O) groups excluding carboxylic acids is 1. The Bertz CT molecular complexity index is 497. The van der Waals surface area contributed by atoms with Crippen LogP contribution in [0, 0.1) is 0 Å². The maximum atomic E-state index is 11.5. The highest BCUT2D eigenvalue weighted by molar-refractivity contribution is 5.93. The van der Waals surface area contributed by atoms with E-state index in [1.807, 2.05) is 0 Å². The Labute approximate surface area is 102 Å². The molecular weight excluding hydrogens is 242 g/mol. The Balaban J connectivity index is 2.80. The first-order valence-electron chi connectivity index (χ1n) is 5.11. The van der Waals surface area contributed by atoms with Crippen LogP contribution in [0.1, 0.15) is 10.5 Å². The molecule has 0 fully saturated rings. The highest BCUT2D eigenvalue weighted by Gasteiger charge is 2.10. The molecule has 2 N–H and O–H groups in total. The summed E-state index contributed by atoms with van der Waals surface area (Å²) in [6, 6.07) is 2.43. The van der Waals surface area contributed by atoms with Gasteiger partial charge in [-0.1, -0.05) is 0 Å². The van der Waals surface area contributed by atoms with Crippen molar-refractivity contribution in [2.75, 3.05) is 20.3 Å². The number of amides is 1. The van der Waals surface area contributed by atoms with E-state index in [2.05, 4.69) is 10.4 Å². The molecule has 0 saturated carbocycles. The first-order valence-corrected chi connectivity index (χ1v) is 5.11. The molecule has 1 heterocycles. The van der Waals surface area contributed by atoms with Gasteiger partial charge < -0.3 is 15.2 Å². The van der Waals surface area contributed by atoms with Gasteiger partial charge in [-0.05, 0) is 6.07 Å². The quantitative estimate of drug-likeness (QED) is 0.654. The number of nitrogens with zero attached hydrogens (tertiary/aromatic N) is 2. The fourth-order valence-electron chi connectivity index (χ4n) is 1.15. The summed E-state index contributed by atoms with van der Waals surface area (Å²) in [5.74, 6) is -1.81. The second kappa shape index (κ2) is 6.50. The summed E-state index contributed by atoms with van der Waals surface area (Å²) in [5.41, 5.74) is -0.381. The van der Waals surface area contributed by atoms with E-state index >= 15 is 0 Å². The number of aromatic nitrogens is 2. The van der Waals surface area contributed by atoms with Gasteiger partial charge in [0.05, 0.1) is 13.2 Å². The summed E-state index contributed by atoms with van der Waals surface area (Å²) in [6.07, 6.45) is 0. The van der Waals surface area contributed by atoms with E-state index in [1.54, 1.807) is 0 Å². The van der Waals surface area contributed by atoms with Gasteiger partial charge in [-0.25, -0.2) is 4.68 Å². The second-order valence-corrected chi connectivity index (χ2v) is 3.35. The van der Waals surface area contributed by atoms with Crippen molar-refractivity contribution in [1.82, 2.24) is 15.1 Å². The average molecular weight is 255 g/mol. The molecule has 1 aromatic rings. The summed E-state index contributed by atoms with van der Waals surface area (Å²) in [5, 5.41) is 14.4. The van der Waals surface area contributed by atoms with Crippen LogP contribution >= 0.6 is 0 Å². The Hall–Kier alpha value is -2.22. The summed E-state index contributed by atoms with van der Waals surface area (Å²) < 4.78 is 5.88. The van der Waals surface area contributed by atoms with E-state index in [0.717, 1.165) is 4.68 Å². The van der Waals surface area contributed by atoms with Crippen molar-refractivity contribution < 1.29 is 19.4 Å². The lowest BCUT2D eigenvalue weighted by atomic mass is 10.3. The largest absolute Gasteiger partial charge is 0.480 e. The third-order valence-electron chi connectivity index (χ3n) is 2.01. The number of carboxylic acid groups (broad SMARTS) is 1. The standard InChI is InChI=1S/C10H13N3O5/c1-18-5-4-13-8(14)3-2-7(12-13)10(17)11-6-9(15)16/h2-3H,4-6H2,1H3,(H,11,17)(H,15,16). The summed E-state index contributed by atoms with van der Waals surface area (Å²) in [7, 11) is 1.48. The molecule has 8 heteroatoms. The molecule has 0 aliphatic heterocycles. The normalized spacial score (nSPS) is 10.1. The van der Waals surface area contributed by atoms with Gasteiger partial charge in [-0.2, -0.15) is 5.10 Å². The number of carbonyl (C=O) groups is 2. The van der Waals surface area contributed by atoms with Crippen LogP contribution in [0.5, 0.6) is 0 Å². The van der Waals surface area contributed by atoms with Gasteiger partial charge in [0.25, 0.3) is 11.5 Å². The Morgan fingerprint density at radius 3 is 2.83 bits per heavy atom. The maximum Gasteiger partial charge on any atom is 0.322 e. The van der Waals surface area contributed by atoms with Crippen molar-refractivity contribution >= 4 is 11.9 Å². The number of ether oxygens (including phenoxy) is 1. The van der Waals surface area contributed by atoms with Crippen molar-refractivity contribution in [3.63, 3.8) is 0 Å². The number of rotatable bonds is 6. The Kier molecular flexibility index (Phi) is 5.00. The van der Waals surface area contributed by atoms with Crippen LogP contribution in [0.2, 0.25) is 0 Å². The number of nitrogens with one attached hydrogen (secondary N) is 1. The minimum Gasteiger partial charge on any atom is -0.480 e. The first-order chi connectivity index (χ1) is 8.54. The number of hydrogen-bond acceptors (Lipinski definition) is 5. The third-order valence-corrected chi connectivity index (χ3v) is 2.01. The minimum atomic E-state index is -1.16. The van der Waals surface area contributed by atoms with Crippen molar-refractivity contribution in [2.45, 2.75) is 6.54 Å². The predicted octanol–water partition coefficient (Wildman–Crippen LogP) is -1.30. The number of carboxylic acids is 1. The molecule has 0 radical (unpaired) electrons. The van der Waals surface area contributed by atoms with Gasteiger partial charge >= 0.3 is 5.97 Å². The lowest BCUT2D eigenvalue weighted by molar-refractivity contribution is -0.135. The summed E-state index contributed by atoms with van der Waals surface area (Å²) in [6.45, 7) is 0.000198. The van der Waals surface area contributed by atoms with Gasteiger partial charge in [-0.3, -0.25) is 14.4 Å². The third kappa shape index (κ3) is 3.98. The van der Waals surface area contributed by atoms with E-state index in [9.17, 15) is 14.4 Å². The van der Waals surface area contributed by atoms with E-state index in [1.165, 1.54) is 19.2 Å². The van der Waals surface area contributed by atoms with E-state index in [4.69, 9.17) is 9.84 Å². The van der Waals surface area contributed by atoms with E-state index < -0.39 is 18.4 Å². The molecule has 0 aromatic carbocycles. The Morgan fingerprint density at radius 2 is 2.22 bits per heavy atom. The fourth-order valence-corrected chi connectivity index (χ4v) is 1.15. The lowest BCUT2D eigenvalue weighted by Gasteiger charge is -2.06. The predicted molar refractivity (Wildman–Crippen MR) is 60.3 cm³/mol. The molecule has 0 aliphatic carbocycles. The van der Waals surface area contributed by atoms with Gasteiger partial charge in [0.2, 0.25) is 0 Å². The van der Waals surface area contributed by atoms with Crippen molar-refractivity contribution in [3.8, 4) is 0 Å². The van der Waals surface area contributed by atoms with Crippen molar-refractivity contribution in [3.05, 3.63) is 28.2 Å². The van der Waals surface area contributed by atoms with Gasteiger partial charge in [-0.15, -0.1) is 0 Å². The molecule has 0 atom stereocenters. The van der Waals surface area contributed by atoms with E-state index in [0.29, 0.717) is 0 Å². The zero-order chi connectivity index (χ0) is 13.5. The second-order valence-electron chi connectivity index (χ2n) is 3.35. The Morgan fingerprint density at radius 1 is 1.50 bits per heavy atom. The first kappa shape index (κ1) is 13.8. The highest BCUT2D eigenvalue weighted by atomic mass is 16.5. The zero-order valence-corrected chi connectivity index (χ0v) is 9.75. The molecule has 0 bridgehead atoms. The molecule has 1 aromatic heterocycles. The smallest absolute Gasteiger partial charge is 0.322 e. The number of aliphatic carboxylic acids is 1. The molecule has 1 rings (SSSR count). The number of methoxy groups -OCH3 is 1. The van der Waals surface area contributed by atoms with Gasteiger partial charge in [0.1, 0.15) is 12.2 Å². The average Bonchev–Trinajstić information content (AvgIpc) is 2.35. The molecule has 0 spiro atoms. The van der Waals surface area contributed by atoms with Crippen LogP contribution in [-0.2, 0) is 16.1 Å². The molecule has 18 heavy (non-hydrogen) atoms. The van der Waals surface area contributed by atoms with Crippen LogP contribution in [0.25, 0.3) is 0 Å². The maximum absolute atomic E-state index is 11.5. The van der Waals surface area contributed by atoms with Crippen molar-refractivity contribution in [1.29, 1.82) is 0 Å². The molecule has 1 amide bonds. The topological polar surface area (TPSA) is 111 Å². The minimum absolute atomic E-state index is 0.0213. The van der Waals surface area contributed by atoms with E-state index in [-0.39, 0.29) is 24.4 Å². The monoisotopic (exact) mass is 255 g/mol. The molecule has 98 valence electrons. The highest BCUT2D eigenvalue weighted by Crippen LogP contribution is 1.90. The molecule has 0 aliphatic rings. The molecule has 0 saturated heterocycles.